The molecule has 2 N–H and O–H groups in total. The van der Waals surface area contributed by atoms with E-state index >= 15 is 0 Å². The van der Waals surface area contributed by atoms with Gasteiger partial charge in [-0.25, -0.2) is 0 Å². The summed E-state index contributed by atoms with van der Waals surface area (Å²) in [5.41, 5.74) is 1.75. The third kappa shape index (κ3) is 4.58. The Balaban J connectivity index is 1.84. The van der Waals surface area contributed by atoms with Gasteiger partial charge in [-0.05, 0) is 36.4 Å². The zero-order valence-electron chi connectivity index (χ0n) is 13.9. The topological polar surface area (TPSA) is 58.2 Å². The van der Waals surface area contributed by atoms with Crippen LogP contribution in [0.1, 0.15) is 20.7 Å². The highest BCUT2D eigenvalue weighted by Crippen LogP contribution is 2.16. The number of Topliss-reactive ketones (excluding diaryl/α,β-unsaturated/α-hetero) is 1. The SMILES string of the molecule is O=C(N[C@H](Nc1ccc(Br)cc1)C(=O)c1ccccc1)c1ccccc1. The fourth-order valence-corrected chi connectivity index (χ4v) is 2.72. The second-order valence-corrected chi connectivity index (χ2v) is 6.57. The minimum Gasteiger partial charge on any atom is -0.359 e. The number of amides is 1. The first kappa shape index (κ1) is 17.9. The van der Waals surface area contributed by atoms with Crippen LogP contribution in [0.15, 0.2) is 89.4 Å². The van der Waals surface area contributed by atoms with Gasteiger partial charge in [0.2, 0.25) is 5.78 Å². The highest BCUT2D eigenvalue weighted by molar-refractivity contribution is 9.10. The minimum absolute atomic E-state index is 0.210. The Morgan fingerprint density at radius 2 is 1.27 bits per heavy atom. The lowest BCUT2D eigenvalue weighted by Gasteiger charge is -2.20. The molecule has 0 saturated carbocycles. The predicted octanol–water partition coefficient (Wildman–Crippen LogP) is 4.50. The number of hydrogen-bond donors (Lipinski definition) is 2. The molecule has 0 bridgehead atoms. The van der Waals surface area contributed by atoms with Crippen molar-refractivity contribution in [1.82, 2.24) is 5.32 Å². The molecule has 0 saturated heterocycles. The van der Waals surface area contributed by atoms with Crippen LogP contribution in [-0.2, 0) is 0 Å². The maximum Gasteiger partial charge on any atom is 0.253 e. The second kappa shape index (κ2) is 8.45. The first-order chi connectivity index (χ1) is 12.6. The van der Waals surface area contributed by atoms with E-state index in [9.17, 15) is 9.59 Å². The molecule has 3 aromatic carbocycles. The van der Waals surface area contributed by atoms with Crippen molar-refractivity contribution in [3.05, 3.63) is 101 Å². The van der Waals surface area contributed by atoms with Crippen LogP contribution >= 0.6 is 15.9 Å². The molecule has 0 aliphatic carbocycles. The molecule has 0 radical (unpaired) electrons. The molecule has 0 heterocycles. The van der Waals surface area contributed by atoms with Crippen LogP contribution in [0.4, 0.5) is 5.69 Å². The molecule has 0 fully saturated rings. The predicted molar refractivity (Wildman–Crippen MR) is 106 cm³/mol. The lowest BCUT2D eigenvalue weighted by atomic mass is 10.1. The van der Waals surface area contributed by atoms with E-state index in [4.69, 9.17) is 0 Å². The maximum absolute atomic E-state index is 12.9. The number of halogens is 1. The van der Waals surface area contributed by atoms with Crippen molar-refractivity contribution in [3.63, 3.8) is 0 Å². The molecule has 3 rings (SSSR count). The van der Waals surface area contributed by atoms with Crippen LogP contribution < -0.4 is 10.6 Å². The van der Waals surface area contributed by atoms with Gasteiger partial charge in [0.15, 0.2) is 6.17 Å². The Hall–Kier alpha value is -2.92. The Morgan fingerprint density at radius 3 is 1.85 bits per heavy atom. The first-order valence-electron chi connectivity index (χ1n) is 8.11. The Labute approximate surface area is 160 Å². The van der Waals surface area contributed by atoms with E-state index in [1.807, 2.05) is 36.4 Å². The largest absolute Gasteiger partial charge is 0.359 e. The second-order valence-electron chi connectivity index (χ2n) is 5.65. The number of nitrogens with one attached hydrogen (secondary N) is 2. The average molecular weight is 409 g/mol. The first-order valence-corrected chi connectivity index (χ1v) is 8.90. The van der Waals surface area contributed by atoms with Crippen molar-refractivity contribution in [2.45, 2.75) is 6.17 Å². The Kier molecular flexibility index (Phi) is 5.81. The van der Waals surface area contributed by atoms with Crippen molar-refractivity contribution >= 4 is 33.3 Å². The summed E-state index contributed by atoms with van der Waals surface area (Å²) in [7, 11) is 0. The number of benzene rings is 3. The highest BCUT2D eigenvalue weighted by Gasteiger charge is 2.22. The molecule has 130 valence electrons. The molecule has 0 spiro atoms. The number of carbonyl (C=O) groups is 2. The van der Waals surface area contributed by atoms with Gasteiger partial charge in [-0.2, -0.15) is 0 Å². The van der Waals surface area contributed by atoms with Gasteiger partial charge < -0.3 is 10.6 Å². The van der Waals surface area contributed by atoms with E-state index in [1.54, 1.807) is 48.5 Å². The van der Waals surface area contributed by atoms with Gasteiger partial charge in [-0.3, -0.25) is 9.59 Å². The van der Waals surface area contributed by atoms with Crippen LogP contribution in [0.2, 0.25) is 0 Å². The lowest BCUT2D eigenvalue weighted by molar-refractivity contribution is 0.0869. The van der Waals surface area contributed by atoms with Gasteiger partial charge in [0.25, 0.3) is 5.91 Å². The third-order valence-electron chi connectivity index (χ3n) is 3.79. The monoisotopic (exact) mass is 408 g/mol. The van der Waals surface area contributed by atoms with Gasteiger partial charge in [-0.1, -0.05) is 64.5 Å². The van der Waals surface area contributed by atoms with E-state index in [0.717, 1.165) is 10.2 Å². The number of carbonyl (C=O) groups excluding carboxylic acids is 2. The van der Waals surface area contributed by atoms with Gasteiger partial charge in [0.1, 0.15) is 0 Å². The van der Waals surface area contributed by atoms with Gasteiger partial charge in [0, 0.05) is 21.3 Å². The quantitative estimate of drug-likeness (QED) is 0.466. The Morgan fingerprint density at radius 1 is 0.731 bits per heavy atom. The van der Waals surface area contributed by atoms with Crippen LogP contribution in [0.5, 0.6) is 0 Å². The molecular formula is C21H17BrN2O2. The summed E-state index contributed by atoms with van der Waals surface area (Å²) in [5, 5.41) is 5.89. The fourth-order valence-electron chi connectivity index (χ4n) is 2.45. The number of anilines is 1. The molecule has 5 heteroatoms. The fraction of sp³-hybridized carbons (Fsp3) is 0.0476. The van der Waals surface area contributed by atoms with Crippen molar-refractivity contribution in [1.29, 1.82) is 0 Å². The summed E-state index contributed by atoms with van der Waals surface area (Å²) in [4.78, 5) is 25.4. The standard InChI is InChI=1S/C21H17BrN2O2/c22-17-11-13-18(14-12-17)23-20(19(25)15-7-3-1-4-8-15)24-21(26)16-9-5-2-6-10-16/h1-14,20,23H,(H,24,26)/t20-/m0/s1. The van der Waals surface area contributed by atoms with E-state index in [0.29, 0.717) is 11.1 Å². The number of hydrogen-bond acceptors (Lipinski definition) is 3. The summed E-state index contributed by atoms with van der Waals surface area (Å²) in [6.07, 6.45) is -0.883. The Bertz CT molecular complexity index is 881. The normalized spacial score (nSPS) is 11.4. The molecule has 0 aliphatic rings. The molecule has 0 unspecified atom stereocenters. The van der Waals surface area contributed by atoms with E-state index < -0.39 is 6.17 Å². The highest BCUT2D eigenvalue weighted by atomic mass is 79.9. The van der Waals surface area contributed by atoms with Crippen molar-refractivity contribution in [2.24, 2.45) is 0 Å². The van der Waals surface area contributed by atoms with E-state index in [1.165, 1.54) is 0 Å². The average Bonchev–Trinajstić information content (AvgIpc) is 2.70. The molecule has 4 nitrogen and oxygen atoms in total. The number of ketones is 1. The molecule has 26 heavy (non-hydrogen) atoms. The van der Waals surface area contributed by atoms with E-state index in [-0.39, 0.29) is 11.7 Å². The molecule has 0 aromatic heterocycles. The summed E-state index contributed by atoms with van der Waals surface area (Å²) < 4.78 is 0.933. The lowest BCUT2D eigenvalue weighted by Crippen LogP contribution is -2.46. The smallest absolute Gasteiger partial charge is 0.253 e. The molecule has 1 atom stereocenters. The van der Waals surface area contributed by atoms with Crippen LogP contribution in [0.3, 0.4) is 0 Å². The van der Waals surface area contributed by atoms with Crippen molar-refractivity contribution < 1.29 is 9.59 Å². The zero-order chi connectivity index (χ0) is 18.4. The van der Waals surface area contributed by atoms with Gasteiger partial charge >= 0.3 is 0 Å². The van der Waals surface area contributed by atoms with Crippen LogP contribution in [0, 0.1) is 0 Å². The molecule has 3 aromatic rings. The summed E-state index contributed by atoms with van der Waals surface area (Å²) in [5.74, 6) is -0.526. The number of rotatable bonds is 6. The van der Waals surface area contributed by atoms with Gasteiger partial charge in [0.05, 0.1) is 0 Å². The van der Waals surface area contributed by atoms with Crippen LogP contribution in [-0.4, -0.2) is 17.9 Å². The van der Waals surface area contributed by atoms with Crippen LogP contribution in [0.25, 0.3) is 0 Å². The van der Waals surface area contributed by atoms with Crippen molar-refractivity contribution in [3.8, 4) is 0 Å². The minimum atomic E-state index is -0.883. The molecule has 0 aliphatic heterocycles. The zero-order valence-corrected chi connectivity index (χ0v) is 15.4. The third-order valence-corrected chi connectivity index (χ3v) is 4.32. The molecular weight excluding hydrogens is 392 g/mol. The van der Waals surface area contributed by atoms with Gasteiger partial charge in [-0.15, -0.1) is 0 Å². The summed E-state index contributed by atoms with van der Waals surface area (Å²) in [6.45, 7) is 0. The van der Waals surface area contributed by atoms with Crippen molar-refractivity contribution in [2.75, 3.05) is 5.32 Å². The molecule has 1 amide bonds. The summed E-state index contributed by atoms with van der Waals surface area (Å²) >= 11 is 3.38. The maximum atomic E-state index is 12.9. The van der Waals surface area contributed by atoms with E-state index in [2.05, 4.69) is 26.6 Å². The summed E-state index contributed by atoms with van der Waals surface area (Å²) in [6, 6.07) is 25.1.